The molecule has 5 nitrogen and oxygen atoms in total. The van der Waals surface area contributed by atoms with Crippen molar-refractivity contribution in [2.75, 3.05) is 25.6 Å². The van der Waals surface area contributed by atoms with E-state index in [2.05, 4.69) is 10.3 Å². The molecular formula is C8H12N2O3S. The minimum Gasteiger partial charge on any atom is -0.447 e. The van der Waals surface area contributed by atoms with Gasteiger partial charge < -0.3 is 9.47 Å². The molecule has 14 heavy (non-hydrogen) atoms. The summed E-state index contributed by atoms with van der Waals surface area (Å²) in [6.45, 7) is 2.49. The number of aromatic nitrogens is 1. The monoisotopic (exact) mass is 216 g/mol. The van der Waals surface area contributed by atoms with Gasteiger partial charge in [-0.05, 0) is 6.92 Å². The van der Waals surface area contributed by atoms with E-state index < -0.39 is 6.09 Å². The number of methoxy groups -OCH3 is 1. The molecule has 0 saturated carbocycles. The van der Waals surface area contributed by atoms with Crippen molar-refractivity contribution in [1.29, 1.82) is 0 Å². The quantitative estimate of drug-likeness (QED) is 0.777. The molecular weight excluding hydrogens is 204 g/mol. The normalized spacial score (nSPS) is 9.86. The summed E-state index contributed by atoms with van der Waals surface area (Å²) in [6, 6.07) is 0. The molecule has 1 rings (SSSR count). The van der Waals surface area contributed by atoms with Crippen LogP contribution >= 0.6 is 11.3 Å². The van der Waals surface area contributed by atoms with E-state index in [4.69, 9.17) is 9.47 Å². The lowest BCUT2D eigenvalue weighted by atomic mass is 10.6. The zero-order valence-corrected chi connectivity index (χ0v) is 8.89. The Bertz CT molecular complexity index is 301. The van der Waals surface area contributed by atoms with Gasteiger partial charge in [0.15, 0.2) is 5.13 Å². The summed E-state index contributed by atoms with van der Waals surface area (Å²) in [5.41, 5.74) is 0.877. The van der Waals surface area contributed by atoms with Crippen LogP contribution in [0.4, 0.5) is 9.93 Å². The number of aryl methyl sites for hydroxylation is 1. The first-order valence-corrected chi connectivity index (χ1v) is 4.95. The minimum absolute atomic E-state index is 0.243. The molecule has 0 aliphatic rings. The van der Waals surface area contributed by atoms with Gasteiger partial charge in [-0.1, -0.05) is 0 Å². The summed E-state index contributed by atoms with van der Waals surface area (Å²) in [5.74, 6) is 0. The van der Waals surface area contributed by atoms with Crippen LogP contribution in [0.1, 0.15) is 5.69 Å². The Morgan fingerprint density at radius 1 is 1.64 bits per heavy atom. The van der Waals surface area contributed by atoms with Gasteiger partial charge in [-0.3, -0.25) is 5.32 Å². The van der Waals surface area contributed by atoms with Gasteiger partial charge in [-0.15, -0.1) is 11.3 Å². The van der Waals surface area contributed by atoms with Gasteiger partial charge >= 0.3 is 6.09 Å². The number of hydrogen-bond donors (Lipinski definition) is 1. The first kappa shape index (κ1) is 10.9. The summed E-state index contributed by atoms with van der Waals surface area (Å²) >= 11 is 1.36. The summed E-state index contributed by atoms with van der Waals surface area (Å²) < 4.78 is 9.52. The smallest absolute Gasteiger partial charge is 0.413 e. The molecule has 1 N–H and O–H groups in total. The van der Waals surface area contributed by atoms with Gasteiger partial charge in [0.2, 0.25) is 0 Å². The maximum Gasteiger partial charge on any atom is 0.413 e. The van der Waals surface area contributed by atoms with E-state index in [1.807, 2.05) is 12.3 Å². The van der Waals surface area contributed by atoms with Crippen molar-refractivity contribution < 1.29 is 14.3 Å². The standard InChI is InChI=1S/C8H12N2O3S/c1-6-5-14-7(9-6)10-8(11)13-4-3-12-2/h5H,3-4H2,1-2H3,(H,9,10,11). The van der Waals surface area contributed by atoms with Gasteiger partial charge in [0.05, 0.1) is 12.3 Å². The Morgan fingerprint density at radius 3 is 3.00 bits per heavy atom. The lowest BCUT2D eigenvalue weighted by molar-refractivity contribution is 0.107. The zero-order chi connectivity index (χ0) is 10.4. The number of thiazole rings is 1. The van der Waals surface area contributed by atoms with Crippen LogP contribution in [0, 0.1) is 6.92 Å². The Labute approximate surface area is 86.1 Å². The second kappa shape index (κ2) is 5.56. The van der Waals surface area contributed by atoms with Gasteiger partial charge in [0.1, 0.15) is 6.61 Å². The average molecular weight is 216 g/mol. The van der Waals surface area contributed by atoms with Crippen LogP contribution < -0.4 is 5.32 Å². The second-order valence-electron chi connectivity index (χ2n) is 2.55. The largest absolute Gasteiger partial charge is 0.447 e. The topological polar surface area (TPSA) is 60.5 Å². The zero-order valence-electron chi connectivity index (χ0n) is 8.07. The van der Waals surface area contributed by atoms with Crippen LogP contribution in [0.2, 0.25) is 0 Å². The average Bonchev–Trinajstić information content (AvgIpc) is 2.52. The van der Waals surface area contributed by atoms with E-state index in [-0.39, 0.29) is 6.61 Å². The predicted molar refractivity (Wildman–Crippen MR) is 53.7 cm³/mol. The fourth-order valence-electron chi connectivity index (χ4n) is 0.752. The fraction of sp³-hybridized carbons (Fsp3) is 0.500. The van der Waals surface area contributed by atoms with Crippen LogP contribution in [-0.2, 0) is 9.47 Å². The number of amides is 1. The maximum absolute atomic E-state index is 11.1. The predicted octanol–water partition coefficient (Wildman–Crippen LogP) is 1.65. The third-order valence-corrected chi connectivity index (χ3v) is 2.22. The lowest BCUT2D eigenvalue weighted by Gasteiger charge is -2.03. The Morgan fingerprint density at radius 2 is 2.43 bits per heavy atom. The highest BCUT2D eigenvalue weighted by atomic mass is 32.1. The van der Waals surface area contributed by atoms with Gasteiger partial charge in [-0.2, -0.15) is 0 Å². The van der Waals surface area contributed by atoms with Crippen LogP contribution in [0.3, 0.4) is 0 Å². The molecule has 0 unspecified atom stereocenters. The molecule has 78 valence electrons. The minimum atomic E-state index is -0.503. The van der Waals surface area contributed by atoms with Gasteiger partial charge in [0, 0.05) is 12.5 Å². The van der Waals surface area contributed by atoms with Crippen LogP contribution in [0.15, 0.2) is 5.38 Å². The van der Waals surface area contributed by atoms with Gasteiger partial charge in [-0.25, -0.2) is 9.78 Å². The Balaban J connectivity index is 2.27. The molecule has 0 aliphatic heterocycles. The van der Waals surface area contributed by atoms with Crippen molar-refractivity contribution in [3.63, 3.8) is 0 Å². The van der Waals surface area contributed by atoms with Crippen molar-refractivity contribution in [1.82, 2.24) is 4.98 Å². The molecule has 1 aromatic heterocycles. The van der Waals surface area contributed by atoms with E-state index in [0.717, 1.165) is 5.69 Å². The molecule has 0 atom stereocenters. The number of nitrogens with one attached hydrogen (secondary N) is 1. The Kier molecular flexibility index (Phi) is 4.34. The number of carbonyl (C=O) groups excluding carboxylic acids is 1. The first-order chi connectivity index (χ1) is 6.72. The van der Waals surface area contributed by atoms with Crippen molar-refractivity contribution in [2.45, 2.75) is 6.92 Å². The van der Waals surface area contributed by atoms with E-state index in [1.54, 1.807) is 7.11 Å². The molecule has 1 amide bonds. The highest BCUT2D eigenvalue weighted by molar-refractivity contribution is 7.13. The number of rotatable bonds is 4. The van der Waals surface area contributed by atoms with Crippen LogP contribution in [0.5, 0.6) is 0 Å². The fourth-order valence-corrected chi connectivity index (χ4v) is 1.43. The van der Waals surface area contributed by atoms with Crippen molar-refractivity contribution >= 4 is 22.6 Å². The lowest BCUT2D eigenvalue weighted by Crippen LogP contribution is -2.16. The molecule has 0 aromatic carbocycles. The van der Waals surface area contributed by atoms with E-state index >= 15 is 0 Å². The molecule has 0 fully saturated rings. The van der Waals surface area contributed by atoms with E-state index in [1.165, 1.54) is 11.3 Å². The second-order valence-corrected chi connectivity index (χ2v) is 3.41. The molecule has 0 radical (unpaired) electrons. The van der Waals surface area contributed by atoms with Crippen molar-refractivity contribution in [3.05, 3.63) is 11.1 Å². The summed E-state index contributed by atoms with van der Waals surface area (Å²) in [6.07, 6.45) is -0.503. The molecule has 0 aliphatic carbocycles. The van der Waals surface area contributed by atoms with E-state index in [0.29, 0.717) is 11.7 Å². The summed E-state index contributed by atoms with van der Waals surface area (Å²) in [4.78, 5) is 15.1. The molecule has 0 bridgehead atoms. The number of ether oxygens (including phenoxy) is 2. The highest BCUT2D eigenvalue weighted by Crippen LogP contribution is 2.14. The van der Waals surface area contributed by atoms with Crippen LogP contribution in [0.25, 0.3) is 0 Å². The van der Waals surface area contributed by atoms with Crippen LogP contribution in [-0.4, -0.2) is 31.4 Å². The molecule has 0 spiro atoms. The molecule has 1 aromatic rings. The first-order valence-electron chi connectivity index (χ1n) is 4.07. The third-order valence-electron chi connectivity index (χ3n) is 1.35. The van der Waals surface area contributed by atoms with Crippen molar-refractivity contribution in [2.24, 2.45) is 0 Å². The van der Waals surface area contributed by atoms with Gasteiger partial charge in [0.25, 0.3) is 0 Å². The Hall–Kier alpha value is -1.14. The number of carbonyl (C=O) groups is 1. The number of hydrogen-bond acceptors (Lipinski definition) is 5. The highest BCUT2D eigenvalue weighted by Gasteiger charge is 2.05. The SMILES string of the molecule is COCCOC(=O)Nc1nc(C)cs1. The molecule has 0 saturated heterocycles. The molecule has 6 heteroatoms. The third kappa shape index (κ3) is 3.71. The summed E-state index contributed by atoms with van der Waals surface area (Å²) in [5, 5.41) is 4.91. The molecule has 1 heterocycles. The van der Waals surface area contributed by atoms with Crippen molar-refractivity contribution in [3.8, 4) is 0 Å². The number of anilines is 1. The summed E-state index contributed by atoms with van der Waals surface area (Å²) in [7, 11) is 1.55. The maximum atomic E-state index is 11.1. The van der Waals surface area contributed by atoms with E-state index in [9.17, 15) is 4.79 Å². The number of nitrogens with zero attached hydrogens (tertiary/aromatic N) is 1.